The van der Waals surface area contributed by atoms with E-state index in [2.05, 4.69) is 46.9 Å². The fourth-order valence-electron chi connectivity index (χ4n) is 1.69. The zero-order valence-corrected chi connectivity index (χ0v) is 12.5. The van der Waals surface area contributed by atoms with Crippen LogP contribution >= 0.6 is 27.3 Å². The molecule has 2 nitrogen and oxygen atoms in total. The van der Waals surface area contributed by atoms with Crippen molar-refractivity contribution in [1.82, 2.24) is 4.90 Å². The van der Waals surface area contributed by atoms with Crippen LogP contribution in [0.4, 0.5) is 0 Å². The van der Waals surface area contributed by atoms with Crippen molar-refractivity contribution in [2.45, 2.75) is 19.8 Å². The lowest BCUT2D eigenvalue weighted by Crippen LogP contribution is -2.31. The Morgan fingerprint density at radius 2 is 2.25 bits per heavy atom. The van der Waals surface area contributed by atoms with Crippen molar-refractivity contribution < 1.29 is 0 Å². The minimum atomic E-state index is 0.639. The monoisotopic (exact) mass is 304 g/mol. The Kier molecular flexibility index (Phi) is 6.58. The second kappa shape index (κ2) is 7.43. The molecule has 1 aromatic heterocycles. The quantitative estimate of drug-likeness (QED) is 0.839. The third-order valence-corrected chi connectivity index (χ3v) is 4.53. The van der Waals surface area contributed by atoms with Crippen molar-refractivity contribution in [3.8, 4) is 0 Å². The molecule has 0 bridgehead atoms. The van der Waals surface area contributed by atoms with Crippen molar-refractivity contribution in [3.05, 3.63) is 20.8 Å². The smallest absolute Gasteiger partial charge is 0.0701 e. The Morgan fingerprint density at radius 1 is 1.50 bits per heavy atom. The van der Waals surface area contributed by atoms with E-state index in [1.165, 1.54) is 15.1 Å². The zero-order valence-electron chi connectivity index (χ0n) is 10.1. The van der Waals surface area contributed by atoms with Crippen molar-refractivity contribution in [1.29, 1.82) is 0 Å². The molecule has 1 heterocycles. The molecule has 4 heteroatoms. The van der Waals surface area contributed by atoms with E-state index >= 15 is 0 Å². The second-order valence-corrected chi connectivity index (χ2v) is 6.78. The van der Waals surface area contributed by atoms with Gasteiger partial charge in [-0.2, -0.15) is 0 Å². The van der Waals surface area contributed by atoms with Gasteiger partial charge in [-0.1, -0.05) is 13.3 Å². The van der Waals surface area contributed by atoms with Crippen LogP contribution in [-0.2, 0) is 6.42 Å². The molecule has 0 aromatic carbocycles. The first kappa shape index (κ1) is 14.2. The van der Waals surface area contributed by atoms with Gasteiger partial charge in [0.05, 0.1) is 3.79 Å². The summed E-state index contributed by atoms with van der Waals surface area (Å²) in [6.07, 6.45) is 2.30. The summed E-state index contributed by atoms with van der Waals surface area (Å²) in [6, 6.07) is 4.32. The molecule has 1 rings (SSSR count). The first-order valence-electron chi connectivity index (χ1n) is 5.78. The third-order valence-electron chi connectivity index (χ3n) is 2.85. The van der Waals surface area contributed by atoms with Crippen molar-refractivity contribution >= 4 is 27.3 Å². The van der Waals surface area contributed by atoms with Gasteiger partial charge < -0.3 is 10.6 Å². The molecule has 0 radical (unpaired) electrons. The number of nitrogens with two attached hydrogens (primary N) is 1. The van der Waals surface area contributed by atoms with Crippen LogP contribution in [0.3, 0.4) is 0 Å². The van der Waals surface area contributed by atoms with Gasteiger partial charge in [-0.05, 0) is 54.0 Å². The molecule has 0 saturated carbocycles. The second-order valence-electron chi connectivity index (χ2n) is 4.23. The lowest BCUT2D eigenvalue weighted by atomic mass is 10.1. The van der Waals surface area contributed by atoms with Crippen LogP contribution in [0, 0.1) is 5.92 Å². The molecule has 0 amide bonds. The van der Waals surface area contributed by atoms with Gasteiger partial charge in [0.1, 0.15) is 0 Å². The van der Waals surface area contributed by atoms with E-state index < -0.39 is 0 Å². The molecule has 1 unspecified atom stereocenters. The molecular formula is C12H21BrN2S. The highest BCUT2D eigenvalue weighted by Gasteiger charge is 2.08. The third kappa shape index (κ3) is 4.95. The molecule has 2 N–H and O–H groups in total. The SMILES string of the molecule is CCC(CN)CN(C)CCc1ccc(Br)s1. The highest BCUT2D eigenvalue weighted by Crippen LogP contribution is 2.22. The zero-order chi connectivity index (χ0) is 12.0. The highest BCUT2D eigenvalue weighted by molar-refractivity contribution is 9.11. The molecular weight excluding hydrogens is 284 g/mol. The van der Waals surface area contributed by atoms with E-state index in [1.54, 1.807) is 0 Å². The van der Waals surface area contributed by atoms with Gasteiger partial charge in [-0.25, -0.2) is 0 Å². The molecule has 92 valence electrons. The van der Waals surface area contributed by atoms with E-state index in [0.717, 1.165) is 26.1 Å². The van der Waals surface area contributed by atoms with E-state index in [-0.39, 0.29) is 0 Å². The number of likely N-dealkylation sites (N-methyl/N-ethyl adjacent to an activating group) is 1. The fourth-order valence-corrected chi connectivity index (χ4v) is 3.16. The molecule has 0 fully saturated rings. The van der Waals surface area contributed by atoms with Crippen LogP contribution in [0.25, 0.3) is 0 Å². The summed E-state index contributed by atoms with van der Waals surface area (Å²) in [4.78, 5) is 3.83. The van der Waals surface area contributed by atoms with E-state index in [0.29, 0.717) is 5.92 Å². The van der Waals surface area contributed by atoms with Gasteiger partial charge >= 0.3 is 0 Å². The van der Waals surface area contributed by atoms with Gasteiger partial charge in [0, 0.05) is 18.0 Å². The Labute approximate surface area is 111 Å². The van der Waals surface area contributed by atoms with Crippen LogP contribution < -0.4 is 5.73 Å². The number of hydrogen-bond acceptors (Lipinski definition) is 3. The molecule has 0 aliphatic carbocycles. The maximum atomic E-state index is 5.71. The molecule has 1 aromatic rings. The number of nitrogens with zero attached hydrogens (tertiary/aromatic N) is 1. The Morgan fingerprint density at radius 3 is 2.75 bits per heavy atom. The van der Waals surface area contributed by atoms with Crippen LogP contribution in [0.2, 0.25) is 0 Å². The highest BCUT2D eigenvalue weighted by atomic mass is 79.9. The maximum absolute atomic E-state index is 5.71. The van der Waals surface area contributed by atoms with Gasteiger partial charge in [-0.3, -0.25) is 0 Å². The summed E-state index contributed by atoms with van der Waals surface area (Å²) >= 11 is 5.32. The number of hydrogen-bond donors (Lipinski definition) is 1. The van der Waals surface area contributed by atoms with Crippen LogP contribution in [-0.4, -0.2) is 31.6 Å². The summed E-state index contributed by atoms with van der Waals surface area (Å²) in [6.45, 7) is 5.23. The summed E-state index contributed by atoms with van der Waals surface area (Å²) < 4.78 is 1.22. The molecule has 0 aliphatic rings. The largest absolute Gasteiger partial charge is 0.330 e. The molecule has 0 aliphatic heterocycles. The van der Waals surface area contributed by atoms with E-state index in [4.69, 9.17) is 5.73 Å². The first-order valence-corrected chi connectivity index (χ1v) is 7.39. The average molecular weight is 305 g/mol. The summed E-state index contributed by atoms with van der Waals surface area (Å²) in [7, 11) is 2.18. The van der Waals surface area contributed by atoms with Crippen molar-refractivity contribution in [2.75, 3.05) is 26.7 Å². The topological polar surface area (TPSA) is 29.3 Å². The van der Waals surface area contributed by atoms with Crippen molar-refractivity contribution in [2.24, 2.45) is 11.7 Å². The molecule has 16 heavy (non-hydrogen) atoms. The maximum Gasteiger partial charge on any atom is 0.0701 e. The average Bonchev–Trinajstić information content (AvgIpc) is 2.69. The Balaban J connectivity index is 2.26. The van der Waals surface area contributed by atoms with Crippen LogP contribution in [0.15, 0.2) is 15.9 Å². The number of thiophene rings is 1. The molecule has 1 atom stereocenters. The first-order chi connectivity index (χ1) is 7.65. The standard InChI is InChI=1S/C12H21BrN2S/c1-3-10(8-14)9-15(2)7-6-11-4-5-12(13)16-11/h4-5,10H,3,6-9,14H2,1-2H3. The normalized spacial score (nSPS) is 13.3. The van der Waals surface area contributed by atoms with Gasteiger partial charge in [0.25, 0.3) is 0 Å². The predicted octanol–water partition coefficient (Wildman–Crippen LogP) is 2.97. The minimum absolute atomic E-state index is 0.639. The van der Waals surface area contributed by atoms with Crippen LogP contribution in [0.5, 0.6) is 0 Å². The van der Waals surface area contributed by atoms with Gasteiger partial charge in [0.2, 0.25) is 0 Å². The summed E-state index contributed by atoms with van der Waals surface area (Å²) in [5.41, 5.74) is 5.71. The lowest BCUT2D eigenvalue weighted by molar-refractivity contribution is 0.278. The van der Waals surface area contributed by atoms with E-state index in [9.17, 15) is 0 Å². The van der Waals surface area contributed by atoms with E-state index in [1.807, 2.05) is 11.3 Å². The van der Waals surface area contributed by atoms with Gasteiger partial charge in [-0.15, -0.1) is 11.3 Å². The fraction of sp³-hybridized carbons (Fsp3) is 0.667. The minimum Gasteiger partial charge on any atom is -0.330 e. The summed E-state index contributed by atoms with van der Waals surface area (Å²) in [5, 5.41) is 0. The molecule has 0 saturated heterocycles. The summed E-state index contributed by atoms with van der Waals surface area (Å²) in [5.74, 6) is 0.639. The van der Waals surface area contributed by atoms with Crippen molar-refractivity contribution in [3.63, 3.8) is 0 Å². The predicted molar refractivity (Wildman–Crippen MR) is 76.1 cm³/mol. The Bertz CT molecular complexity index is 297. The van der Waals surface area contributed by atoms with Gasteiger partial charge in [0.15, 0.2) is 0 Å². The molecule has 0 spiro atoms. The number of halogens is 1. The number of rotatable bonds is 7. The Hall–Kier alpha value is 0.1000. The van der Waals surface area contributed by atoms with Crippen LogP contribution in [0.1, 0.15) is 18.2 Å². The lowest BCUT2D eigenvalue weighted by Gasteiger charge is -2.21.